The number of nitrogens with one attached hydrogen (secondary N) is 1. The molecule has 0 aliphatic rings. The number of carbonyl (C=O) groups excluding carboxylic acids is 1. The summed E-state index contributed by atoms with van der Waals surface area (Å²) in [6, 6.07) is 2.15. The molecule has 0 atom stereocenters. The lowest BCUT2D eigenvalue weighted by Gasteiger charge is -2.21. The minimum atomic E-state index is -0.294. The minimum Gasteiger partial charge on any atom is -0.356 e. The minimum absolute atomic E-state index is 0.277. The van der Waals surface area contributed by atoms with Gasteiger partial charge in [0.15, 0.2) is 0 Å². The summed E-state index contributed by atoms with van der Waals surface area (Å²) in [5.74, 6) is 0.441. The van der Waals surface area contributed by atoms with Gasteiger partial charge in [-0.15, -0.1) is 0 Å². The van der Waals surface area contributed by atoms with Crippen molar-refractivity contribution in [3.05, 3.63) is 42.1 Å². The van der Waals surface area contributed by atoms with Crippen molar-refractivity contribution in [1.82, 2.24) is 15.0 Å². The van der Waals surface area contributed by atoms with E-state index in [1.165, 1.54) is 6.20 Å². The molecule has 2 heterocycles. The summed E-state index contributed by atoms with van der Waals surface area (Å²) in [6.07, 6.45) is 6.38. The van der Waals surface area contributed by atoms with Gasteiger partial charge < -0.3 is 10.2 Å². The Kier molecular flexibility index (Phi) is 4.47. The van der Waals surface area contributed by atoms with E-state index in [0.717, 1.165) is 11.4 Å². The van der Waals surface area contributed by atoms with Crippen LogP contribution in [0.15, 0.2) is 30.9 Å². The molecule has 0 fully saturated rings. The summed E-state index contributed by atoms with van der Waals surface area (Å²) in [7, 11) is 1.94. The van der Waals surface area contributed by atoms with Crippen LogP contribution in [-0.2, 0) is 0 Å². The van der Waals surface area contributed by atoms with Crippen molar-refractivity contribution < 1.29 is 4.79 Å². The molecule has 2 aromatic rings. The number of aryl methyl sites for hydroxylation is 1. The molecule has 0 spiro atoms. The van der Waals surface area contributed by atoms with E-state index in [4.69, 9.17) is 0 Å². The number of hydrogen-bond acceptors (Lipinski definition) is 5. The Morgan fingerprint density at radius 3 is 2.57 bits per heavy atom. The van der Waals surface area contributed by atoms with Crippen molar-refractivity contribution in [3.63, 3.8) is 0 Å². The Bertz CT molecular complexity index is 624. The molecule has 110 valence electrons. The molecule has 6 heteroatoms. The summed E-state index contributed by atoms with van der Waals surface area (Å²) >= 11 is 0. The van der Waals surface area contributed by atoms with E-state index < -0.39 is 0 Å². The van der Waals surface area contributed by atoms with Gasteiger partial charge in [0.05, 0.1) is 24.3 Å². The molecule has 0 saturated carbocycles. The van der Waals surface area contributed by atoms with Crippen LogP contribution in [0.5, 0.6) is 0 Å². The van der Waals surface area contributed by atoms with Gasteiger partial charge in [-0.25, -0.2) is 9.97 Å². The van der Waals surface area contributed by atoms with Crippen molar-refractivity contribution in [1.29, 1.82) is 0 Å². The Hall–Kier alpha value is -2.50. The number of hydrogen-bond donors (Lipinski definition) is 1. The van der Waals surface area contributed by atoms with Crippen molar-refractivity contribution in [2.45, 2.75) is 26.8 Å². The van der Waals surface area contributed by atoms with Crippen LogP contribution >= 0.6 is 0 Å². The second-order valence-corrected chi connectivity index (χ2v) is 5.11. The van der Waals surface area contributed by atoms with E-state index in [1.54, 1.807) is 18.6 Å². The monoisotopic (exact) mass is 285 g/mol. The molecule has 0 aliphatic heterocycles. The van der Waals surface area contributed by atoms with Gasteiger partial charge in [0.25, 0.3) is 5.91 Å². The third-order valence-electron chi connectivity index (χ3n) is 3.29. The maximum Gasteiger partial charge on any atom is 0.275 e. The summed E-state index contributed by atoms with van der Waals surface area (Å²) in [4.78, 5) is 26.5. The maximum absolute atomic E-state index is 12.1. The molecule has 1 amide bonds. The Labute approximate surface area is 124 Å². The van der Waals surface area contributed by atoms with E-state index >= 15 is 0 Å². The van der Waals surface area contributed by atoms with Crippen LogP contribution in [0, 0.1) is 6.92 Å². The van der Waals surface area contributed by atoms with Gasteiger partial charge in [-0.1, -0.05) is 0 Å². The van der Waals surface area contributed by atoms with E-state index in [-0.39, 0.29) is 11.6 Å². The number of aromatic nitrogens is 3. The first-order valence-electron chi connectivity index (χ1n) is 6.76. The fourth-order valence-corrected chi connectivity index (χ4v) is 1.67. The predicted octanol–water partition coefficient (Wildman–Crippen LogP) is 2.28. The van der Waals surface area contributed by atoms with Gasteiger partial charge in [0.1, 0.15) is 11.5 Å². The molecule has 0 aromatic carbocycles. The standard InChI is InChI=1S/C15H19N5O/c1-10(2)20(4)14-9-17-13(8-18-14)15(21)19-12-7-16-6-5-11(12)3/h5-10H,1-4H3,(H,19,21). The highest BCUT2D eigenvalue weighted by Crippen LogP contribution is 2.14. The van der Waals surface area contributed by atoms with Crippen LogP contribution < -0.4 is 10.2 Å². The van der Waals surface area contributed by atoms with E-state index in [1.807, 2.05) is 24.9 Å². The SMILES string of the molecule is Cc1ccncc1NC(=O)c1cnc(N(C)C(C)C)cn1. The number of carbonyl (C=O) groups is 1. The van der Waals surface area contributed by atoms with E-state index in [9.17, 15) is 4.79 Å². The van der Waals surface area contributed by atoms with Crippen LogP contribution in [0.25, 0.3) is 0 Å². The third-order valence-corrected chi connectivity index (χ3v) is 3.29. The Morgan fingerprint density at radius 1 is 1.24 bits per heavy atom. The zero-order valence-corrected chi connectivity index (χ0v) is 12.7. The molecular formula is C15H19N5O. The van der Waals surface area contributed by atoms with Gasteiger partial charge in [-0.3, -0.25) is 9.78 Å². The number of rotatable bonds is 4. The lowest BCUT2D eigenvalue weighted by atomic mass is 10.2. The lowest BCUT2D eigenvalue weighted by Crippen LogP contribution is -2.27. The highest BCUT2D eigenvalue weighted by Gasteiger charge is 2.12. The van der Waals surface area contributed by atoms with Crippen LogP contribution in [0.1, 0.15) is 29.9 Å². The molecule has 6 nitrogen and oxygen atoms in total. The molecule has 0 saturated heterocycles. The quantitative estimate of drug-likeness (QED) is 0.933. The smallest absolute Gasteiger partial charge is 0.275 e. The zero-order chi connectivity index (χ0) is 15.4. The van der Waals surface area contributed by atoms with Crippen LogP contribution in [0.2, 0.25) is 0 Å². The third kappa shape index (κ3) is 3.53. The van der Waals surface area contributed by atoms with Crippen LogP contribution in [0.4, 0.5) is 11.5 Å². The van der Waals surface area contributed by atoms with Gasteiger partial charge in [-0.2, -0.15) is 0 Å². The van der Waals surface area contributed by atoms with E-state index in [2.05, 4.69) is 34.1 Å². The second kappa shape index (κ2) is 6.30. The van der Waals surface area contributed by atoms with Gasteiger partial charge in [0.2, 0.25) is 0 Å². The normalized spacial score (nSPS) is 10.5. The molecule has 2 aromatic heterocycles. The fourth-order valence-electron chi connectivity index (χ4n) is 1.67. The predicted molar refractivity (Wildman–Crippen MR) is 82.5 cm³/mol. The molecule has 0 radical (unpaired) electrons. The lowest BCUT2D eigenvalue weighted by molar-refractivity contribution is 0.102. The van der Waals surface area contributed by atoms with Crippen molar-refractivity contribution in [2.24, 2.45) is 0 Å². The first-order chi connectivity index (χ1) is 9.99. The highest BCUT2D eigenvalue weighted by atomic mass is 16.1. The largest absolute Gasteiger partial charge is 0.356 e. The summed E-state index contributed by atoms with van der Waals surface area (Å²) in [5.41, 5.74) is 1.90. The average Bonchev–Trinajstić information content (AvgIpc) is 2.49. The molecular weight excluding hydrogens is 266 g/mol. The fraction of sp³-hybridized carbons (Fsp3) is 0.333. The molecule has 0 aliphatic carbocycles. The summed E-state index contributed by atoms with van der Waals surface area (Å²) in [5, 5.41) is 2.78. The van der Waals surface area contributed by atoms with Crippen LogP contribution in [-0.4, -0.2) is 33.9 Å². The van der Waals surface area contributed by atoms with Gasteiger partial charge in [0, 0.05) is 19.3 Å². The van der Waals surface area contributed by atoms with Crippen molar-refractivity contribution in [3.8, 4) is 0 Å². The molecule has 1 N–H and O–H groups in total. The molecule has 0 bridgehead atoms. The van der Waals surface area contributed by atoms with Gasteiger partial charge in [-0.05, 0) is 32.4 Å². The Balaban J connectivity index is 2.12. The summed E-state index contributed by atoms with van der Waals surface area (Å²) in [6.45, 7) is 6.03. The summed E-state index contributed by atoms with van der Waals surface area (Å²) < 4.78 is 0. The second-order valence-electron chi connectivity index (χ2n) is 5.11. The number of amides is 1. The van der Waals surface area contributed by atoms with Gasteiger partial charge >= 0.3 is 0 Å². The highest BCUT2D eigenvalue weighted by molar-refractivity contribution is 6.03. The number of nitrogens with zero attached hydrogens (tertiary/aromatic N) is 4. The molecule has 0 unspecified atom stereocenters. The van der Waals surface area contributed by atoms with Crippen molar-refractivity contribution in [2.75, 3.05) is 17.3 Å². The molecule has 21 heavy (non-hydrogen) atoms. The topological polar surface area (TPSA) is 71.0 Å². The first-order valence-corrected chi connectivity index (χ1v) is 6.76. The zero-order valence-electron chi connectivity index (χ0n) is 12.7. The number of pyridine rings is 1. The van der Waals surface area contributed by atoms with Crippen LogP contribution in [0.3, 0.4) is 0 Å². The molecule has 2 rings (SSSR count). The Morgan fingerprint density at radius 2 is 2.00 bits per heavy atom. The number of anilines is 2. The van der Waals surface area contributed by atoms with Crippen molar-refractivity contribution >= 4 is 17.4 Å². The first kappa shape index (κ1) is 14.9. The van der Waals surface area contributed by atoms with E-state index in [0.29, 0.717) is 11.7 Å². The maximum atomic E-state index is 12.1. The average molecular weight is 285 g/mol.